The van der Waals surface area contributed by atoms with Crippen LogP contribution in [0.2, 0.25) is 0 Å². The van der Waals surface area contributed by atoms with Gasteiger partial charge in [-0.2, -0.15) is 0 Å². The number of nitrogens with one attached hydrogen (secondary N) is 1. The minimum Gasteiger partial charge on any atom is -0.508 e. The molecule has 20 heavy (non-hydrogen) atoms. The van der Waals surface area contributed by atoms with Crippen LogP contribution < -0.4 is 5.32 Å². The Labute approximate surface area is 115 Å². The van der Waals surface area contributed by atoms with Crippen LogP contribution in [-0.2, 0) is 0 Å². The van der Waals surface area contributed by atoms with E-state index < -0.39 is 17.7 Å². The normalized spacial score (nSPS) is 12.2. The summed E-state index contributed by atoms with van der Waals surface area (Å²) >= 11 is 0. The number of aromatic hydroxyl groups is 2. The number of phenols is 2. The lowest BCUT2D eigenvalue weighted by molar-refractivity contribution is 0.448. The molecule has 1 atom stereocenters. The zero-order chi connectivity index (χ0) is 14.9. The van der Waals surface area contributed by atoms with Gasteiger partial charge in [0.05, 0.1) is 5.69 Å². The predicted octanol–water partition coefficient (Wildman–Crippen LogP) is 3.86. The predicted molar refractivity (Wildman–Crippen MR) is 72.9 cm³/mol. The second kappa shape index (κ2) is 5.36. The molecule has 0 heterocycles. The van der Waals surface area contributed by atoms with Crippen molar-refractivity contribution in [3.8, 4) is 11.5 Å². The molecule has 2 rings (SSSR count). The van der Waals surface area contributed by atoms with E-state index in [9.17, 15) is 19.0 Å². The molecule has 0 saturated carbocycles. The second-order valence-electron chi connectivity index (χ2n) is 4.73. The molecule has 106 valence electrons. The van der Waals surface area contributed by atoms with Crippen LogP contribution in [0.1, 0.15) is 24.1 Å². The van der Waals surface area contributed by atoms with Crippen LogP contribution in [0, 0.1) is 18.6 Å². The van der Waals surface area contributed by atoms with E-state index in [1.807, 2.05) is 0 Å². The highest BCUT2D eigenvalue weighted by Crippen LogP contribution is 2.28. The summed E-state index contributed by atoms with van der Waals surface area (Å²) < 4.78 is 27.2. The van der Waals surface area contributed by atoms with Gasteiger partial charge in [0.1, 0.15) is 23.1 Å². The molecule has 0 radical (unpaired) electrons. The van der Waals surface area contributed by atoms with Gasteiger partial charge in [0.2, 0.25) is 0 Å². The lowest BCUT2D eigenvalue weighted by Gasteiger charge is -2.17. The molecule has 2 aromatic rings. The molecule has 1 unspecified atom stereocenters. The van der Waals surface area contributed by atoms with Crippen LogP contribution in [0.25, 0.3) is 0 Å². The molecule has 0 aliphatic rings. The summed E-state index contributed by atoms with van der Waals surface area (Å²) in [7, 11) is 0. The van der Waals surface area contributed by atoms with Gasteiger partial charge in [0, 0.05) is 18.2 Å². The zero-order valence-corrected chi connectivity index (χ0v) is 11.1. The topological polar surface area (TPSA) is 52.5 Å². The minimum absolute atomic E-state index is 0.0310. The first kappa shape index (κ1) is 14.1. The maximum atomic E-state index is 13.7. The van der Waals surface area contributed by atoms with Gasteiger partial charge in [-0.15, -0.1) is 0 Å². The Hall–Kier alpha value is -2.30. The van der Waals surface area contributed by atoms with E-state index in [-0.39, 0.29) is 22.7 Å². The largest absolute Gasteiger partial charge is 0.508 e. The molecule has 2 aromatic carbocycles. The average molecular weight is 279 g/mol. The summed E-state index contributed by atoms with van der Waals surface area (Å²) in [6, 6.07) is 5.88. The summed E-state index contributed by atoms with van der Waals surface area (Å²) in [4.78, 5) is 0. The SMILES string of the molecule is Cc1cc(F)c(NC(C)c2cc(O)cc(O)c2)cc1F. The minimum atomic E-state index is -0.555. The number of phenolic OH excluding ortho intramolecular Hbond substituents is 2. The van der Waals surface area contributed by atoms with Crippen LogP contribution >= 0.6 is 0 Å². The van der Waals surface area contributed by atoms with Crippen LogP contribution in [0.15, 0.2) is 30.3 Å². The number of rotatable bonds is 3. The highest BCUT2D eigenvalue weighted by atomic mass is 19.1. The lowest BCUT2D eigenvalue weighted by atomic mass is 10.1. The summed E-state index contributed by atoms with van der Waals surface area (Å²) in [6.45, 7) is 3.20. The van der Waals surface area contributed by atoms with Gasteiger partial charge in [-0.25, -0.2) is 8.78 Å². The molecule has 0 aromatic heterocycles. The molecule has 0 saturated heterocycles. The molecule has 5 heteroatoms. The fourth-order valence-corrected chi connectivity index (χ4v) is 1.94. The maximum absolute atomic E-state index is 13.7. The molecular weight excluding hydrogens is 264 g/mol. The van der Waals surface area contributed by atoms with Crippen molar-refractivity contribution in [1.82, 2.24) is 0 Å². The average Bonchev–Trinajstić information content (AvgIpc) is 2.34. The van der Waals surface area contributed by atoms with Crippen molar-refractivity contribution >= 4 is 5.69 Å². The third kappa shape index (κ3) is 2.99. The summed E-state index contributed by atoms with van der Waals surface area (Å²) in [5, 5.41) is 21.7. The van der Waals surface area contributed by atoms with Crippen LogP contribution in [0.3, 0.4) is 0 Å². The number of hydrogen-bond donors (Lipinski definition) is 3. The van der Waals surface area contributed by atoms with E-state index in [0.717, 1.165) is 12.1 Å². The Bertz CT molecular complexity index is 624. The van der Waals surface area contributed by atoms with Gasteiger partial charge in [0.15, 0.2) is 0 Å². The standard InChI is InChI=1S/C15H15F2NO2/c1-8-3-14(17)15(7-13(8)16)18-9(2)10-4-11(19)6-12(20)5-10/h3-7,9,18-20H,1-2H3. The third-order valence-corrected chi connectivity index (χ3v) is 3.05. The van der Waals surface area contributed by atoms with Crippen molar-refractivity contribution in [3.63, 3.8) is 0 Å². The second-order valence-corrected chi connectivity index (χ2v) is 4.73. The van der Waals surface area contributed by atoms with E-state index in [4.69, 9.17) is 0 Å². The highest BCUT2D eigenvalue weighted by Gasteiger charge is 2.12. The van der Waals surface area contributed by atoms with Crippen LogP contribution in [0.5, 0.6) is 11.5 Å². The first-order valence-electron chi connectivity index (χ1n) is 6.12. The summed E-state index contributed by atoms with van der Waals surface area (Å²) in [6.07, 6.45) is 0. The number of benzene rings is 2. The van der Waals surface area contributed by atoms with Crippen molar-refractivity contribution in [1.29, 1.82) is 0 Å². The number of aryl methyl sites for hydroxylation is 1. The fourth-order valence-electron chi connectivity index (χ4n) is 1.94. The Morgan fingerprint density at radius 1 is 0.950 bits per heavy atom. The smallest absolute Gasteiger partial charge is 0.146 e. The van der Waals surface area contributed by atoms with Gasteiger partial charge < -0.3 is 15.5 Å². The van der Waals surface area contributed by atoms with Gasteiger partial charge in [0.25, 0.3) is 0 Å². The molecule has 0 fully saturated rings. The Balaban J connectivity index is 2.27. The molecular formula is C15H15F2NO2. The Morgan fingerprint density at radius 3 is 2.15 bits per heavy atom. The molecule has 0 aliphatic carbocycles. The quantitative estimate of drug-likeness (QED) is 0.799. The number of anilines is 1. The van der Waals surface area contributed by atoms with Gasteiger partial charge in [-0.05, 0) is 43.2 Å². The number of hydrogen-bond acceptors (Lipinski definition) is 3. The van der Waals surface area contributed by atoms with E-state index in [1.54, 1.807) is 6.92 Å². The van der Waals surface area contributed by atoms with Crippen molar-refractivity contribution in [2.24, 2.45) is 0 Å². The zero-order valence-electron chi connectivity index (χ0n) is 11.1. The first-order valence-corrected chi connectivity index (χ1v) is 6.12. The molecule has 0 aliphatic heterocycles. The first-order chi connectivity index (χ1) is 9.36. The third-order valence-electron chi connectivity index (χ3n) is 3.05. The van der Waals surface area contributed by atoms with Crippen molar-refractivity contribution in [2.45, 2.75) is 19.9 Å². The molecule has 3 N–H and O–H groups in total. The molecule has 0 amide bonds. The summed E-state index contributed by atoms with van der Waals surface area (Å²) in [5.41, 5.74) is 0.821. The molecule has 0 spiro atoms. The van der Waals surface area contributed by atoms with Gasteiger partial charge in [-0.1, -0.05) is 0 Å². The highest BCUT2D eigenvalue weighted by molar-refractivity contribution is 5.49. The monoisotopic (exact) mass is 279 g/mol. The van der Waals surface area contributed by atoms with E-state index in [1.165, 1.54) is 25.1 Å². The fraction of sp³-hybridized carbons (Fsp3) is 0.200. The van der Waals surface area contributed by atoms with Crippen molar-refractivity contribution in [2.75, 3.05) is 5.32 Å². The van der Waals surface area contributed by atoms with Gasteiger partial charge in [-0.3, -0.25) is 0 Å². The van der Waals surface area contributed by atoms with Crippen molar-refractivity contribution < 1.29 is 19.0 Å². The van der Waals surface area contributed by atoms with E-state index >= 15 is 0 Å². The molecule has 0 bridgehead atoms. The Kier molecular flexibility index (Phi) is 3.79. The van der Waals surface area contributed by atoms with Crippen molar-refractivity contribution in [3.05, 3.63) is 53.1 Å². The summed E-state index contributed by atoms with van der Waals surface area (Å²) in [5.74, 6) is -1.24. The number of halogens is 2. The van der Waals surface area contributed by atoms with E-state index in [2.05, 4.69) is 5.32 Å². The van der Waals surface area contributed by atoms with Crippen LogP contribution in [0.4, 0.5) is 14.5 Å². The maximum Gasteiger partial charge on any atom is 0.146 e. The van der Waals surface area contributed by atoms with Crippen LogP contribution in [-0.4, -0.2) is 10.2 Å². The lowest BCUT2D eigenvalue weighted by Crippen LogP contribution is -2.08. The molecule has 3 nitrogen and oxygen atoms in total. The van der Waals surface area contributed by atoms with Gasteiger partial charge >= 0.3 is 0 Å². The Morgan fingerprint density at radius 2 is 1.55 bits per heavy atom. The van der Waals surface area contributed by atoms with E-state index in [0.29, 0.717) is 5.56 Å².